The van der Waals surface area contributed by atoms with Gasteiger partial charge in [-0.2, -0.15) is 0 Å². The van der Waals surface area contributed by atoms with Gasteiger partial charge in [-0.3, -0.25) is 4.99 Å². The van der Waals surface area contributed by atoms with Gasteiger partial charge in [0.05, 0.1) is 0 Å². The molecule has 2 heteroatoms. The third kappa shape index (κ3) is 7.21. The van der Waals surface area contributed by atoms with Gasteiger partial charge < -0.3 is 4.90 Å². The highest BCUT2D eigenvalue weighted by atomic mass is 15.0. The second kappa shape index (κ2) is 5.35. The van der Waals surface area contributed by atoms with Gasteiger partial charge in [0.1, 0.15) is 0 Å². The Labute approximate surface area is 56.9 Å². The van der Waals surface area contributed by atoms with Crippen LogP contribution in [-0.4, -0.2) is 31.8 Å². The molecule has 52 valence electrons. The molecule has 0 aliphatic carbocycles. The standard InChI is InChI=1S/C7H14N2/c1-4-8-6-5-7-9(2)3/h5-7H,4H2,1-3H3/b7-5-,8-6?. The maximum Gasteiger partial charge on any atom is 0.0360 e. The quantitative estimate of drug-likeness (QED) is 0.518. The lowest BCUT2D eigenvalue weighted by molar-refractivity contribution is 0.564. The summed E-state index contributed by atoms with van der Waals surface area (Å²) in [5.41, 5.74) is 0. The van der Waals surface area contributed by atoms with Crippen molar-refractivity contribution in [2.24, 2.45) is 4.99 Å². The Morgan fingerprint density at radius 2 is 2.11 bits per heavy atom. The zero-order valence-corrected chi connectivity index (χ0v) is 6.33. The number of allylic oxidation sites excluding steroid dienone is 1. The van der Waals surface area contributed by atoms with Gasteiger partial charge in [-0.25, -0.2) is 0 Å². The molecule has 0 aliphatic heterocycles. The summed E-state index contributed by atoms with van der Waals surface area (Å²) in [7, 11) is 3.96. The molecule has 0 rings (SSSR count). The molecule has 0 aliphatic rings. The summed E-state index contributed by atoms with van der Waals surface area (Å²) in [5.74, 6) is 0. The molecule has 0 aromatic carbocycles. The van der Waals surface area contributed by atoms with Gasteiger partial charge in [0.2, 0.25) is 0 Å². The fraction of sp³-hybridized carbons (Fsp3) is 0.571. The molecular weight excluding hydrogens is 112 g/mol. The lowest BCUT2D eigenvalue weighted by Gasteiger charge is -2.00. The minimum atomic E-state index is 0.859. The molecular formula is C7H14N2. The van der Waals surface area contributed by atoms with Gasteiger partial charge in [-0.1, -0.05) is 0 Å². The van der Waals surface area contributed by atoms with Gasteiger partial charge in [0, 0.05) is 33.1 Å². The summed E-state index contributed by atoms with van der Waals surface area (Å²) in [5, 5.41) is 0. The van der Waals surface area contributed by atoms with Gasteiger partial charge in [-0.15, -0.1) is 0 Å². The van der Waals surface area contributed by atoms with Crippen molar-refractivity contribution in [3.8, 4) is 0 Å². The van der Waals surface area contributed by atoms with Crippen molar-refractivity contribution >= 4 is 6.21 Å². The monoisotopic (exact) mass is 126 g/mol. The molecule has 0 heterocycles. The minimum Gasteiger partial charge on any atom is -0.383 e. The smallest absolute Gasteiger partial charge is 0.0360 e. The van der Waals surface area contributed by atoms with Crippen LogP contribution in [0.5, 0.6) is 0 Å². The third-order valence-corrected chi connectivity index (χ3v) is 0.758. The van der Waals surface area contributed by atoms with Crippen molar-refractivity contribution in [2.45, 2.75) is 6.92 Å². The van der Waals surface area contributed by atoms with Crippen LogP contribution in [0.1, 0.15) is 6.92 Å². The van der Waals surface area contributed by atoms with Crippen molar-refractivity contribution < 1.29 is 0 Å². The maximum absolute atomic E-state index is 4.01. The first-order valence-electron chi connectivity index (χ1n) is 3.10. The Morgan fingerprint density at radius 1 is 1.44 bits per heavy atom. The summed E-state index contributed by atoms with van der Waals surface area (Å²) < 4.78 is 0. The molecule has 0 aromatic rings. The van der Waals surface area contributed by atoms with Crippen LogP contribution in [0.4, 0.5) is 0 Å². The highest BCUT2D eigenvalue weighted by Crippen LogP contribution is 1.74. The number of hydrogen-bond acceptors (Lipinski definition) is 2. The van der Waals surface area contributed by atoms with E-state index in [1.807, 2.05) is 38.2 Å². The molecule has 0 fully saturated rings. The van der Waals surface area contributed by atoms with E-state index >= 15 is 0 Å². The Bertz CT molecular complexity index is 103. The molecule has 9 heavy (non-hydrogen) atoms. The third-order valence-electron chi connectivity index (χ3n) is 0.758. The Kier molecular flexibility index (Phi) is 4.88. The first kappa shape index (κ1) is 8.21. The molecule has 0 bridgehead atoms. The predicted octanol–water partition coefficient (Wildman–Crippen LogP) is 1.15. The number of nitrogens with zero attached hydrogens (tertiary/aromatic N) is 2. The van der Waals surface area contributed by atoms with E-state index in [1.54, 1.807) is 6.21 Å². The van der Waals surface area contributed by atoms with E-state index in [4.69, 9.17) is 0 Å². The number of rotatable bonds is 3. The molecule has 2 nitrogen and oxygen atoms in total. The molecule has 0 unspecified atom stereocenters. The molecule has 0 N–H and O–H groups in total. The lowest BCUT2D eigenvalue weighted by atomic mass is 10.6. The second-order valence-electron chi connectivity index (χ2n) is 1.95. The molecule has 0 amide bonds. The van der Waals surface area contributed by atoms with Crippen LogP contribution in [0.15, 0.2) is 17.3 Å². The van der Waals surface area contributed by atoms with Crippen LogP contribution in [0.2, 0.25) is 0 Å². The topological polar surface area (TPSA) is 15.6 Å². The average molecular weight is 126 g/mol. The molecule has 0 saturated heterocycles. The molecule has 0 saturated carbocycles. The van der Waals surface area contributed by atoms with Crippen LogP contribution in [0, 0.1) is 0 Å². The van der Waals surface area contributed by atoms with Crippen molar-refractivity contribution in [1.29, 1.82) is 0 Å². The predicted molar refractivity (Wildman–Crippen MR) is 41.9 cm³/mol. The highest BCUT2D eigenvalue weighted by molar-refractivity contribution is 5.70. The normalized spacial score (nSPS) is 11.4. The van der Waals surface area contributed by atoms with Crippen LogP contribution < -0.4 is 0 Å². The van der Waals surface area contributed by atoms with E-state index in [1.165, 1.54) is 0 Å². The first-order valence-corrected chi connectivity index (χ1v) is 3.10. The highest BCUT2D eigenvalue weighted by Gasteiger charge is 1.70. The van der Waals surface area contributed by atoms with Gasteiger partial charge >= 0.3 is 0 Å². The summed E-state index contributed by atoms with van der Waals surface area (Å²) in [4.78, 5) is 5.98. The SMILES string of the molecule is CCN=C/C=C\N(C)C. The summed E-state index contributed by atoms with van der Waals surface area (Å²) >= 11 is 0. The van der Waals surface area contributed by atoms with E-state index in [0.29, 0.717) is 0 Å². The number of aliphatic imine (C=N–C) groups is 1. The Morgan fingerprint density at radius 3 is 2.56 bits per heavy atom. The van der Waals surface area contributed by atoms with Crippen molar-refractivity contribution in [2.75, 3.05) is 20.6 Å². The van der Waals surface area contributed by atoms with Crippen molar-refractivity contribution in [3.63, 3.8) is 0 Å². The van der Waals surface area contributed by atoms with Crippen LogP contribution in [0.3, 0.4) is 0 Å². The zero-order chi connectivity index (χ0) is 7.11. The van der Waals surface area contributed by atoms with E-state index in [2.05, 4.69) is 4.99 Å². The van der Waals surface area contributed by atoms with Crippen LogP contribution in [-0.2, 0) is 0 Å². The molecule has 0 spiro atoms. The Balaban J connectivity index is 3.35. The van der Waals surface area contributed by atoms with Crippen LogP contribution >= 0.6 is 0 Å². The lowest BCUT2D eigenvalue weighted by Crippen LogP contribution is -1.99. The molecule has 0 radical (unpaired) electrons. The summed E-state index contributed by atoms with van der Waals surface area (Å²) in [6, 6.07) is 0. The van der Waals surface area contributed by atoms with E-state index < -0.39 is 0 Å². The fourth-order valence-electron chi connectivity index (χ4n) is 0.377. The molecule has 0 atom stereocenters. The largest absolute Gasteiger partial charge is 0.383 e. The minimum absolute atomic E-state index is 0.859. The van der Waals surface area contributed by atoms with Crippen LogP contribution in [0.25, 0.3) is 0 Å². The fourth-order valence-corrected chi connectivity index (χ4v) is 0.377. The van der Waals surface area contributed by atoms with E-state index in [0.717, 1.165) is 6.54 Å². The maximum atomic E-state index is 4.01. The first-order chi connectivity index (χ1) is 4.27. The Hall–Kier alpha value is -0.790. The molecule has 0 aromatic heterocycles. The average Bonchev–Trinajstić information content (AvgIpc) is 1.80. The van der Waals surface area contributed by atoms with Crippen molar-refractivity contribution in [3.05, 3.63) is 12.3 Å². The van der Waals surface area contributed by atoms with E-state index in [-0.39, 0.29) is 0 Å². The van der Waals surface area contributed by atoms with E-state index in [9.17, 15) is 0 Å². The van der Waals surface area contributed by atoms with Gasteiger partial charge in [-0.05, 0) is 13.0 Å². The summed E-state index contributed by atoms with van der Waals surface area (Å²) in [6.07, 6.45) is 5.68. The van der Waals surface area contributed by atoms with Crippen molar-refractivity contribution in [1.82, 2.24) is 4.90 Å². The van der Waals surface area contributed by atoms with Gasteiger partial charge in [0.15, 0.2) is 0 Å². The second-order valence-corrected chi connectivity index (χ2v) is 1.95. The van der Waals surface area contributed by atoms with Gasteiger partial charge in [0.25, 0.3) is 0 Å². The number of hydrogen-bond donors (Lipinski definition) is 0. The zero-order valence-electron chi connectivity index (χ0n) is 6.33. The summed E-state index contributed by atoms with van der Waals surface area (Å²) in [6.45, 7) is 2.87.